The van der Waals surface area contributed by atoms with E-state index in [2.05, 4.69) is 69.2 Å². The van der Waals surface area contributed by atoms with E-state index >= 15 is 0 Å². The minimum absolute atomic E-state index is 0.0786. The highest BCUT2D eigenvalue weighted by Crippen LogP contribution is 2.36. The summed E-state index contributed by atoms with van der Waals surface area (Å²) in [6, 6.07) is 0. The Morgan fingerprint density at radius 1 is 0.240 bits per heavy atom. The van der Waals surface area contributed by atoms with Gasteiger partial charge in [-0.1, -0.05) is 133 Å². The largest absolute Gasteiger partial charge is 0.379 e. The van der Waals surface area contributed by atoms with Crippen molar-refractivity contribution in [1.29, 1.82) is 0 Å². The van der Waals surface area contributed by atoms with Crippen molar-refractivity contribution in [3.05, 3.63) is 0 Å². The Morgan fingerprint density at radius 3 is 0.747 bits per heavy atom. The van der Waals surface area contributed by atoms with E-state index in [1.807, 2.05) is 0 Å². The maximum absolute atomic E-state index is 7.18. The smallest absolute Gasteiger partial charge is 0.187 e. The van der Waals surface area contributed by atoms with Crippen LogP contribution < -0.4 is 0 Å². The lowest BCUT2D eigenvalue weighted by Gasteiger charge is -2.49. The van der Waals surface area contributed by atoms with Crippen LogP contribution in [-0.4, -0.2) is 185 Å². The molecule has 75 heavy (non-hydrogen) atoms. The molecule has 16 nitrogen and oxygen atoms in total. The average Bonchev–Trinajstić information content (AvgIpc) is 3.41. The van der Waals surface area contributed by atoms with Crippen LogP contribution in [0.5, 0.6) is 0 Å². The van der Waals surface area contributed by atoms with Crippen molar-refractivity contribution in [2.75, 3.05) is 93.0 Å². The van der Waals surface area contributed by atoms with E-state index in [0.717, 1.165) is 128 Å². The summed E-state index contributed by atoms with van der Waals surface area (Å²) in [7, 11) is 1.65. The summed E-state index contributed by atoms with van der Waals surface area (Å²) in [5, 5.41) is 0. The topological polar surface area (TPSA) is 148 Å². The average molecular weight is 1080 g/mol. The van der Waals surface area contributed by atoms with Gasteiger partial charge in [-0.2, -0.15) is 0 Å². The van der Waals surface area contributed by atoms with E-state index in [4.69, 9.17) is 75.8 Å². The molecule has 0 aromatic heterocycles. The fraction of sp³-hybridized carbons (Fsp3) is 1.00. The van der Waals surface area contributed by atoms with Gasteiger partial charge in [-0.3, -0.25) is 0 Å². The molecule has 0 saturated carbocycles. The van der Waals surface area contributed by atoms with Crippen molar-refractivity contribution in [3.63, 3.8) is 0 Å². The maximum atomic E-state index is 7.18. The fourth-order valence-electron chi connectivity index (χ4n) is 9.30. The number of ether oxygens (including phenoxy) is 16. The molecule has 0 bridgehead atoms. The van der Waals surface area contributed by atoms with E-state index in [1.165, 1.54) is 0 Å². The number of unbranched alkanes of at least 4 members (excludes halogenated alkanes) is 10. The zero-order valence-corrected chi connectivity index (χ0v) is 49.5. The van der Waals surface area contributed by atoms with Gasteiger partial charge < -0.3 is 75.8 Å². The number of methoxy groups -OCH3 is 1. The van der Waals surface area contributed by atoms with Gasteiger partial charge in [0.25, 0.3) is 0 Å². The van der Waals surface area contributed by atoms with Crippen molar-refractivity contribution in [2.24, 2.45) is 0 Å². The van der Waals surface area contributed by atoms with Crippen LogP contribution in [0.3, 0.4) is 0 Å². The molecule has 0 aromatic rings. The first-order valence-electron chi connectivity index (χ1n) is 30.7. The van der Waals surface area contributed by atoms with Crippen molar-refractivity contribution in [1.82, 2.24) is 0 Å². The predicted octanol–water partition coefficient (Wildman–Crippen LogP) is 11.3. The molecule has 7 unspecified atom stereocenters. The second-order valence-electron chi connectivity index (χ2n) is 20.7. The lowest BCUT2D eigenvalue weighted by molar-refractivity contribution is -0.358. The van der Waals surface area contributed by atoms with Crippen LogP contribution in [0.2, 0.25) is 0 Å². The molecule has 0 aromatic carbocycles. The molecular formula is C59H114O16. The molecule has 0 N–H and O–H groups in total. The van der Waals surface area contributed by atoms with Gasteiger partial charge in [0.15, 0.2) is 18.9 Å². The lowest BCUT2D eigenvalue weighted by Crippen LogP contribution is -2.65. The standard InChI is InChI=1S/C59H114O16/c1-12-22-32-61-42-45-48(62-33-23-13-2)52(66-37-27-17-6)55(69-40-30-20-9)58(74-45)72-44-47-50(64-35-25-15-4)53(67-38-28-18-7)56(70-41-31-21-10)59(75-47)71-43-46-49(63-34-24-14-3)51(65-36-26-16-5)54(57(60-11)73-46)68-39-29-19-8/h45-59H,12-44H2,1-11H3/t45?,46?,47?,48-,49-,50-,51+,52?,53+,54?,55?,56?,57+,58+,59+/m1/s1. The minimum Gasteiger partial charge on any atom is -0.379 e. The van der Waals surface area contributed by atoms with Gasteiger partial charge in [0.05, 0.1) is 19.8 Å². The van der Waals surface area contributed by atoms with Crippen LogP contribution in [0.15, 0.2) is 0 Å². The summed E-state index contributed by atoms with van der Waals surface area (Å²) >= 11 is 0. The molecule has 0 spiro atoms. The summed E-state index contributed by atoms with van der Waals surface area (Å²) in [4.78, 5) is 0. The Hall–Kier alpha value is -0.640. The third-order valence-electron chi connectivity index (χ3n) is 14.1. The monoisotopic (exact) mass is 1080 g/mol. The molecule has 3 aliphatic rings. The molecule has 3 heterocycles. The molecule has 3 fully saturated rings. The summed E-state index contributed by atoms with van der Waals surface area (Å²) in [6.45, 7) is 27.6. The number of rotatable bonds is 48. The van der Waals surface area contributed by atoms with Gasteiger partial charge in [0.2, 0.25) is 0 Å². The Morgan fingerprint density at radius 2 is 0.467 bits per heavy atom. The van der Waals surface area contributed by atoms with Crippen LogP contribution in [0.25, 0.3) is 0 Å². The normalized spacial score (nSPS) is 30.4. The van der Waals surface area contributed by atoms with E-state index in [9.17, 15) is 0 Å². The summed E-state index contributed by atoms with van der Waals surface area (Å²) in [6.07, 6.45) is 9.94. The third-order valence-corrected chi connectivity index (χ3v) is 14.1. The molecule has 3 rings (SSSR count). The molecule has 3 aliphatic heterocycles. The van der Waals surface area contributed by atoms with Gasteiger partial charge in [-0.05, 0) is 64.2 Å². The molecule has 0 radical (unpaired) electrons. The highest BCUT2D eigenvalue weighted by molar-refractivity contribution is 4.97. The van der Waals surface area contributed by atoms with E-state index in [-0.39, 0.29) is 13.2 Å². The van der Waals surface area contributed by atoms with Crippen LogP contribution in [0.1, 0.15) is 198 Å². The van der Waals surface area contributed by atoms with E-state index < -0.39 is 92.1 Å². The highest BCUT2D eigenvalue weighted by atomic mass is 16.8. The van der Waals surface area contributed by atoms with Crippen molar-refractivity contribution in [2.45, 2.75) is 290 Å². The third kappa shape index (κ3) is 25.0. The predicted molar refractivity (Wildman–Crippen MR) is 292 cm³/mol. The van der Waals surface area contributed by atoms with Gasteiger partial charge in [0, 0.05) is 73.2 Å². The quantitative estimate of drug-likeness (QED) is 0.0532. The molecular weight excluding hydrogens is 965 g/mol. The summed E-state index contributed by atoms with van der Waals surface area (Å²) in [5.74, 6) is 0. The first-order chi connectivity index (χ1) is 36.9. The maximum Gasteiger partial charge on any atom is 0.187 e. The Bertz CT molecular complexity index is 1290. The van der Waals surface area contributed by atoms with Crippen molar-refractivity contribution < 1.29 is 75.8 Å². The first-order valence-corrected chi connectivity index (χ1v) is 30.7. The molecule has 0 amide bonds. The van der Waals surface area contributed by atoms with Crippen LogP contribution in [-0.2, 0) is 75.8 Å². The van der Waals surface area contributed by atoms with E-state index in [0.29, 0.717) is 72.7 Å². The highest BCUT2D eigenvalue weighted by Gasteiger charge is 2.54. The molecule has 15 atom stereocenters. The zero-order valence-electron chi connectivity index (χ0n) is 49.5. The Labute approximate surface area is 457 Å². The van der Waals surface area contributed by atoms with Gasteiger partial charge in [0.1, 0.15) is 73.2 Å². The van der Waals surface area contributed by atoms with E-state index in [1.54, 1.807) is 7.11 Å². The first kappa shape index (κ1) is 68.6. The van der Waals surface area contributed by atoms with Gasteiger partial charge in [-0.25, -0.2) is 0 Å². The number of hydrogen-bond acceptors (Lipinski definition) is 16. The van der Waals surface area contributed by atoms with Gasteiger partial charge >= 0.3 is 0 Å². The minimum atomic E-state index is -0.906. The molecule has 0 aliphatic carbocycles. The molecule has 16 heteroatoms. The van der Waals surface area contributed by atoms with Crippen molar-refractivity contribution >= 4 is 0 Å². The Balaban J connectivity index is 2.13. The molecule has 3 saturated heterocycles. The number of hydrogen-bond donors (Lipinski definition) is 0. The lowest BCUT2D eigenvalue weighted by atomic mass is 9.96. The van der Waals surface area contributed by atoms with Crippen LogP contribution >= 0.6 is 0 Å². The SMILES string of the molecule is CCCCOCC1O[C@H](OCC2O[C@H](OCC3O[C@H](OC)C(OCCCC)[C@@H](OCCCC)[C@@H]3OCCCC)C(OCCCC)[C@@H](OCCCC)[C@@H]2OCCCC)C(OCCCC)C(OCCCC)[C@@H]1OCCCC. The summed E-state index contributed by atoms with van der Waals surface area (Å²) < 4.78 is 108. The van der Waals surface area contributed by atoms with Crippen LogP contribution in [0, 0.1) is 0 Å². The van der Waals surface area contributed by atoms with Crippen molar-refractivity contribution in [3.8, 4) is 0 Å². The van der Waals surface area contributed by atoms with Gasteiger partial charge in [-0.15, -0.1) is 0 Å². The second-order valence-corrected chi connectivity index (χ2v) is 20.7. The second kappa shape index (κ2) is 44.1. The fourth-order valence-corrected chi connectivity index (χ4v) is 9.30. The zero-order chi connectivity index (χ0) is 54.3. The summed E-state index contributed by atoms with van der Waals surface area (Å²) in [5.41, 5.74) is 0. The Kier molecular flexibility index (Phi) is 40.3. The molecule has 446 valence electrons. The van der Waals surface area contributed by atoms with Crippen LogP contribution in [0.4, 0.5) is 0 Å².